The first kappa shape index (κ1) is 23.4. The maximum Gasteiger partial charge on any atom is 0.408 e. The Labute approximate surface area is 165 Å². The molecule has 0 radical (unpaired) electrons. The van der Waals surface area contributed by atoms with Crippen molar-refractivity contribution in [3.63, 3.8) is 0 Å². The Morgan fingerprint density at radius 1 is 0.964 bits per heavy atom. The van der Waals surface area contributed by atoms with Crippen LogP contribution in [-0.4, -0.2) is 35.2 Å². The lowest BCUT2D eigenvalue weighted by Gasteiger charge is -2.26. The van der Waals surface area contributed by atoms with Crippen LogP contribution in [0.15, 0.2) is 24.3 Å². The van der Waals surface area contributed by atoms with Crippen LogP contribution in [0, 0.1) is 0 Å². The van der Waals surface area contributed by atoms with Crippen molar-refractivity contribution in [2.24, 2.45) is 11.5 Å². The predicted octanol–water partition coefficient (Wildman–Crippen LogP) is 1.95. The van der Waals surface area contributed by atoms with E-state index in [1.807, 2.05) is 0 Å². The molecule has 0 bridgehead atoms. The predicted molar refractivity (Wildman–Crippen MR) is 105 cm³/mol. The minimum Gasteiger partial charge on any atom is -0.458 e. The number of hydrogen-bond donors (Lipinski definition) is 3. The molecule has 2 atom stereocenters. The number of ether oxygens (including phenoxy) is 2. The number of nitrogens with one attached hydrogen (secondary N) is 1. The smallest absolute Gasteiger partial charge is 0.408 e. The van der Waals surface area contributed by atoms with Gasteiger partial charge >= 0.3 is 12.1 Å². The largest absolute Gasteiger partial charge is 0.458 e. The van der Waals surface area contributed by atoms with E-state index in [-0.39, 0.29) is 6.42 Å². The number of alkyl carbamates (subject to hydrolysis) is 1. The third kappa shape index (κ3) is 8.39. The lowest BCUT2D eigenvalue weighted by molar-refractivity contribution is -0.157. The van der Waals surface area contributed by atoms with E-state index in [2.05, 4.69) is 5.32 Å². The quantitative estimate of drug-likeness (QED) is 0.633. The molecule has 28 heavy (non-hydrogen) atoms. The monoisotopic (exact) mass is 393 g/mol. The van der Waals surface area contributed by atoms with Gasteiger partial charge in [-0.3, -0.25) is 4.79 Å². The fourth-order valence-electron chi connectivity index (χ4n) is 2.28. The second-order valence-electron chi connectivity index (χ2n) is 8.56. The van der Waals surface area contributed by atoms with Crippen LogP contribution in [0.25, 0.3) is 0 Å². The van der Waals surface area contributed by atoms with Gasteiger partial charge in [0.2, 0.25) is 5.91 Å². The molecule has 0 aliphatic rings. The standard InChI is InChI=1S/C20H31N3O5/c1-19(2,3)27-17(25)14(23-18(26)28-20(4,5)6)11-12-7-9-13(10-8-12)15(21)16(22)24/h7-10,14-15H,11,21H2,1-6H3,(H2,22,24)(H,23,26)/t14-,15?/m0/s1. The van der Waals surface area contributed by atoms with Crippen molar-refractivity contribution in [3.8, 4) is 0 Å². The summed E-state index contributed by atoms with van der Waals surface area (Å²) >= 11 is 0. The lowest BCUT2D eigenvalue weighted by atomic mass is 10.0. The van der Waals surface area contributed by atoms with Crippen molar-refractivity contribution in [3.05, 3.63) is 35.4 Å². The summed E-state index contributed by atoms with van der Waals surface area (Å²) in [4.78, 5) is 35.9. The molecule has 1 rings (SSSR count). The van der Waals surface area contributed by atoms with Crippen LogP contribution in [0.2, 0.25) is 0 Å². The summed E-state index contributed by atoms with van der Waals surface area (Å²) in [5, 5.41) is 2.57. The first-order valence-corrected chi connectivity index (χ1v) is 9.04. The molecule has 156 valence electrons. The Hall–Kier alpha value is -2.61. The highest BCUT2D eigenvalue weighted by molar-refractivity contribution is 5.82. The zero-order valence-electron chi connectivity index (χ0n) is 17.4. The molecule has 1 unspecified atom stereocenters. The van der Waals surface area contributed by atoms with E-state index in [4.69, 9.17) is 20.9 Å². The Bertz CT molecular complexity index is 702. The summed E-state index contributed by atoms with van der Waals surface area (Å²) in [5.41, 5.74) is 10.8. The van der Waals surface area contributed by atoms with Crippen molar-refractivity contribution >= 4 is 18.0 Å². The Kier molecular flexibility index (Phi) is 7.58. The summed E-state index contributed by atoms with van der Waals surface area (Å²) in [6.45, 7) is 10.4. The van der Waals surface area contributed by atoms with Gasteiger partial charge in [0, 0.05) is 6.42 Å². The maximum atomic E-state index is 12.6. The van der Waals surface area contributed by atoms with Crippen LogP contribution >= 0.6 is 0 Å². The van der Waals surface area contributed by atoms with Gasteiger partial charge in [-0.2, -0.15) is 0 Å². The fraction of sp³-hybridized carbons (Fsp3) is 0.550. The summed E-state index contributed by atoms with van der Waals surface area (Å²) in [6, 6.07) is 4.90. The highest BCUT2D eigenvalue weighted by Crippen LogP contribution is 2.16. The molecule has 0 aliphatic heterocycles. The SMILES string of the molecule is CC(C)(C)OC(=O)N[C@@H](Cc1ccc(C(N)C(N)=O)cc1)C(=O)OC(C)(C)C. The van der Waals surface area contributed by atoms with Crippen LogP contribution in [0.3, 0.4) is 0 Å². The van der Waals surface area contributed by atoms with Crippen molar-refractivity contribution in [1.29, 1.82) is 0 Å². The van der Waals surface area contributed by atoms with Crippen LogP contribution < -0.4 is 16.8 Å². The second kappa shape index (κ2) is 9.05. The van der Waals surface area contributed by atoms with Gasteiger partial charge in [0.15, 0.2) is 0 Å². The molecule has 0 aliphatic carbocycles. The zero-order valence-corrected chi connectivity index (χ0v) is 17.4. The number of rotatable bonds is 6. The summed E-state index contributed by atoms with van der Waals surface area (Å²) in [5.74, 6) is -1.21. The number of hydrogen-bond acceptors (Lipinski definition) is 6. The average Bonchev–Trinajstić information content (AvgIpc) is 2.50. The van der Waals surface area contributed by atoms with E-state index in [9.17, 15) is 14.4 Å². The van der Waals surface area contributed by atoms with Crippen LogP contribution in [-0.2, 0) is 25.5 Å². The van der Waals surface area contributed by atoms with Gasteiger partial charge < -0.3 is 26.3 Å². The fourth-order valence-corrected chi connectivity index (χ4v) is 2.28. The molecule has 0 saturated carbocycles. The number of primary amides is 1. The van der Waals surface area contributed by atoms with E-state index >= 15 is 0 Å². The number of carbonyl (C=O) groups is 3. The summed E-state index contributed by atoms with van der Waals surface area (Å²) in [7, 11) is 0. The van der Waals surface area contributed by atoms with E-state index in [0.29, 0.717) is 5.56 Å². The molecular weight excluding hydrogens is 362 g/mol. The Morgan fingerprint density at radius 3 is 1.89 bits per heavy atom. The van der Waals surface area contributed by atoms with E-state index < -0.39 is 41.3 Å². The van der Waals surface area contributed by atoms with Crippen LogP contribution in [0.5, 0.6) is 0 Å². The topological polar surface area (TPSA) is 134 Å². The third-order valence-corrected chi connectivity index (χ3v) is 3.47. The van der Waals surface area contributed by atoms with Gasteiger partial charge in [-0.15, -0.1) is 0 Å². The van der Waals surface area contributed by atoms with Gasteiger partial charge in [0.1, 0.15) is 23.3 Å². The van der Waals surface area contributed by atoms with Gasteiger partial charge in [-0.1, -0.05) is 24.3 Å². The van der Waals surface area contributed by atoms with Crippen LogP contribution in [0.4, 0.5) is 4.79 Å². The molecule has 0 heterocycles. The molecule has 0 aromatic heterocycles. The summed E-state index contributed by atoms with van der Waals surface area (Å²) < 4.78 is 10.6. The van der Waals surface area contributed by atoms with Gasteiger partial charge in [0.25, 0.3) is 0 Å². The molecule has 8 nitrogen and oxygen atoms in total. The van der Waals surface area contributed by atoms with E-state index in [1.54, 1.807) is 65.8 Å². The van der Waals surface area contributed by atoms with Crippen molar-refractivity contribution in [2.75, 3.05) is 0 Å². The maximum absolute atomic E-state index is 12.6. The van der Waals surface area contributed by atoms with Gasteiger partial charge in [0.05, 0.1) is 0 Å². The Morgan fingerprint density at radius 2 is 1.46 bits per heavy atom. The molecule has 2 amide bonds. The van der Waals surface area contributed by atoms with Gasteiger partial charge in [-0.25, -0.2) is 9.59 Å². The molecule has 0 spiro atoms. The minimum atomic E-state index is -0.940. The van der Waals surface area contributed by atoms with E-state index in [0.717, 1.165) is 5.56 Å². The van der Waals surface area contributed by atoms with E-state index in [1.165, 1.54) is 0 Å². The molecule has 5 N–H and O–H groups in total. The number of amides is 2. The molecule has 0 saturated heterocycles. The molecule has 1 aromatic rings. The Balaban J connectivity index is 2.96. The number of esters is 1. The second-order valence-corrected chi connectivity index (χ2v) is 8.56. The molecule has 8 heteroatoms. The number of benzene rings is 1. The van der Waals surface area contributed by atoms with Crippen molar-refractivity contribution in [2.45, 2.75) is 71.2 Å². The molecule has 0 fully saturated rings. The first-order valence-electron chi connectivity index (χ1n) is 9.04. The minimum absolute atomic E-state index is 0.181. The summed E-state index contributed by atoms with van der Waals surface area (Å²) in [6.07, 6.45) is -0.531. The van der Waals surface area contributed by atoms with Crippen molar-refractivity contribution < 1.29 is 23.9 Å². The highest BCUT2D eigenvalue weighted by atomic mass is 16.6. The van der Waals surface area contributed by atoms with Gasteiger partial charge in [-0.05, 0) is 52.7 Å². The molecule has 1 aromatic carbocycles. The zero-order chi connectivity index (χ0) is 21.7. The van der Waals surface area contributed by atoms with Crippen molar-refractivity contribution in [1.82, 2.24) is 5.32 Å². The first-order chi connectivity index (χ1) is 12.7. The normalized spacial score (nSPS) is 14.0. The number of carbonyl (C=O) groups excluding carboxylic acids is 3. The highest BCUT2D eigenvalue weighted by Gasteiger charge is 2.29. The van der Waals surface area contributed by atoms with Crippen LogP contribution in [0.1, 0.15) is 58.7 Å². The average molecular weight is 393 g/mol. The lowest BCUT2D eigenvalue weighted by Crippen LogP contribution is -2.47. The third-order valence-electron chi connectivity index (χ3n) is 3.47. The molecular formula is C20H31N3O5. The number of nitrogens with two attached hydrogens (primary N) is 2.